The predicted octanol–water partition coefficient (Wildman–Crippen LogP) is 3.61. The van der Waals surface area contributed by atoms with Crippen LogP contribution in [0.3, 0.4) is 0 Å². The van der Waals surface area contributed by atoms with Crippen molar-refractivity contribution in [2.24, 2.45) is 7.05 Å². The summed E-state index contributed by atoms with van der Waals surface area (Å²) >= 11 is 3.35. The van der Waals surface area contributed by atoms with Gasteiger partial charge in [-0.1, -0.05) is 22.9 Å². The van der Waals surface area contributed by atoms with Gasteiger partial charge < -0.3 is 9.88 Å². The minimum absolute atomic E-state index is 0.128. The van der Waals surface area contributed by atoms with Crippen molar-refractivity contribution < 1.29 is 4.39 Å². The number of imidazole rings is 1. The minimum atomic E-state index is -0.214. The zero-order chi connectivity index (χ0) is 14.5. The summed E-state index contributed by atoms with van der Waals surface area (Å²) in [6.07, 6.45) is 5.48. The van der Waals surface area contributed by atoms with E-state index in [1.807, 2.05) is 23.9 Å². The number of nitrogens with zero attached hydrogens (tertiary/aromatic N) is 2. The van der Waals surface area contributed by atoms with Gasteiger partial charge in [-0.3, -0.25) is 0 Å². The van der Waals surface area contributed by atoms with Crippen molar-refractivity contribution in [3.05, 3.63) is 52.3 Å². The lowest BCUT2D eigenvalue weighted by Gasteiger charge is -2.18. The Labute approximate surface area is 127 Å². The van der Waals surface area contributed by atoms with E-state index in [0.29, 0.717) is 0 Å². The van der Waals surface area contributed by atoms with Crippen molar-refractivity contribution in [2.45, 2.75) is 25.8 Å². The molecule has 1 aromatic carbocycles. The molecule has 2 rings (SSSR count). The summed E-state index contributed by atoms with van der Waals surface area (Å²) in [5, 5.41) is 3.41. The fourth-order valence-corrected chi connectivity index (χ4v) is 2.80. The van der Waals surface area contributed by atoms with Gasteiger partial charge in [-0.05, 0) is 36.7 Å². The van der Waals surface area contributed by atoms with E-state index in [4.69, 9.17) is 0 Å². The minimum Gasteiger partial charge on any atom is -0.338 e. The maximum absolute atomic E-state index is 13.5. The molecule has 1 unspecified atom stereocenters. The van der Waals surface area contributed by atoms with Crippen LogP contribution in [0.4, 0.5) is 4.39 Å². The Hall–Kier alpha value is -1.20. The zero-order valence-electron chi connectivity index (χ0n) is 11.7. The summed E-state index contributed by atoms with van der Waals surface area (Å²) in [7, 11) is 1.99. The SMILES string of the molecule is CCNC(CCc1nccn1C)c1cc(F)cc(Br)c1. The van der Waals surface area contributed by atoms with Crippen molar-refractivity contribution >= 4 is 15.9 Å². The molecule has 1 aromatic heterocycles. The number of nitrogens with one attached hydrogen (secondary N) is 1. The molecule has 0 aliphatic carbocycles. The first kappa shape index (κ1) is 15.2. The van der Waals surface area contributed by atoms with E-state index in [2.05, 4.69) is 33.2 Å². The van der Waals surface area contributed by atoms with Gasteiger partial charge in [0.2, 0.25) is 0 Å². The lowest BCUT2D eigenvalue weighted by Crippen LogP contribution is -2.22. The highest BCUT2D eigenvalue weighted by molar-refractivity contribution is 9.10. The molecule has 0 spiro atoms. The molecule has 0 aliphatic rings. The number of benzene rings is 1. The summed E-state index contributed by atoms with van der Waals surface area (Å²) in [6, 6.07) is 5.17. The third-order valence-corrected chi connectivity index (χ3v) is 3.77. The number of hydrogen-bond donors (Lipinski definition) is 1. The second-order valence-corrected chi connectivity index (χ2v) is 5.72. The maximum atomic E-state index is 13.5. The highest BCUT2D eigenvalue weighted by Crippen LogP contribution is 2.23. The van der Waals surface area contributed by atoms with Gasteiger partial charge in [0, 0.05) is 36.4 Å². The molecule has 0 radical (unpaired) electrons. The van der Waals surface area contributed by atoms with E-state index in [0.717, 1.165) is 35.2 Å². The molecule has 0 amide bonds. The van der Waals surface area contributed by atoms with Crippen molar-refractivity contribution in [1.29, 1.82) is 0 Å². The van der Waals surface area contributed by atoms with Crippen molar-refractivity contribution in [3.63, 3.8) is 0 Å². The maximum Gasteiger partial charge on any atom is 0.124 e. The number of aryl methyl sites for hydroxylation is 2. The van der Waals surface area contributed by atoms with Crippen LogP contribution in [0, 0.1) is 5.82 Å². The summed E-state index contributed by atoms with van der Waals surface area (Å²) in [5.74, 6) is 0.831. The Morgan fingerprint density at radius 2 is 2.20 bits per heavy atom. The summed E-state index contributed by atoms with van der Waals surface area (Å²) in [5.41, 5.74) is 0.966. The van der Waals surface area contributed by atoms with E-state index in [9.17, 15) is 4.39 Å². The van der Waals surface area contributed by atoms with Gasteiger partial charge in [0.05, 0.1) is 0 Å². The van der Waals surface area contributed by atoms with E-state index in [1.54, 1.807) is 12.3 Å². The van der Waals surface area contributed by atoms with Crippen LogP contribution in [-0.4, -0.2) is 16.1 Å². The van der Waals surface area contributed by atoms with Crippen LogP contribution in [0.15, 0.2) is 35.1 Å². The summed E-state index contributed by atoms with van der Waals surface area (Å²) in [6.45, 7) is 2.90. The van der Waals surface area contributed by atoms with Gasteiger partial charge in [0.15, 0.2) is 0 Å². The average Bonchev–Trinajstić information content (AvgIpc) is 2.79. The Bertz CT molecular complexity index is 548. The molecule has 20 heavy (non-hydrogen) atoms. The van der Waals surface area contributed by atoms with E-state index in [1.165, 1.54) is 6.07 Å². The normalized spacial score (nSPS) is 12.6. The monoisotopic (exact) mass is 339 g/mol. The van der Waals surface area contributed by atoms with Gasteiger partial charge in [0.25, 0.3) is 0 Å². The zero-order valence-corrected chi connectivity index (χ0v) is 13.3. The second kappa shape index (κ2) is 6.99. The molecule has 0 aliphatic heterocycles. The van der Waals surface area contributed by atoms with E-state index >= 15 is 0 Å². The second-order valence-electron chi connectivity index (χ2n) is 4.81. The number of aromatic nitrogens is 2. The van der Waals surface area contributed by atoms with Gasteiger partial charge >= 0.3 is 0 Å². The number of rotatable bonds is 6. The van der Waals surface area contributed by atoms with Crippen LogP contribution in [0.5, 0.6) is 0 Å². The Balaban J connectivity index is 2.12. The molecule has 0 bridgehead atoms. The molecular weight excluding hydrogens is 321 g/mol. The molecular formula is C15H19BrFN3. The molecule has 1 N–H and O–H groups in total. The first-order chi connectivity index (χ1) is 9.60. The van der Waals surface area contributed by atoms with Crippen LogP contribution in [0.1, 0.15) is 30.8 Å². The number of halogens is 2. The molecule has 0 saturated heterocycles. The van der Waals surface area contributed by atoms with Gasteiger partial charge in [0.1, 0.15) is 11.6 Å². The lowest BCUT2D eigenvalue weighted by atomic mass is 10.0. The molecule has 0 saturated carbocycles. The average molecular weight is 340 g/mol. The van der Waals surface area contributed by atoms with Gasteiger partial charge in [-0.25, -0.2) is 9.37 Å². The topological polar surface area (TPSA) is 29.9 Å². The standard InChI is InChI=1S/C15H19BrFN3/c1-3-18-14(4-5-15-19-6-7-20(15)2)11-8-12(16)10-13(17)9-11/h6-10,14,18H,3-5H2,1-2H3. The van der Waals surface area contributed by atoms with Gasteiger partial charge in [-0.15, -0.1) is 0 Å². The Morgan fingerprint density at radius 1 is 1.40 bits per heavy atom. The van der Waals surface area contributed by atoms with E-state index < -0.39 is 0 Å². The smallest absolute Gasteiger partial charge is 0.124 e. The van der Waals surface area contributed by atoms with Crippen LogP contribution in [-0.2, 0) is 13.5 Å². The van der Waals surface area contributed by atoms with Crippen molar-refractivity contribution in [3.8, 4) is 0 Å². The number of hydrogen-bond acceptors (Lipinski definition) is 2. The van der Waals surface area contributed by atoms with Gasteiger partial charge in [-0.2, -0.15) is 0 Å². The molecule has 108 valence electrons. The highest BCUT2D eigenvalue weighted by Gasteiger charge is 2.13. The third kappa shape index (κ3) is 3.90. The quantitative estimate of drug-likeness (QED) is 0.871. The molecule has 2 aromatic rings. The van der Waals surface area contributed by atoms with Crippen molar-refractivity contribution in [1.82, 2.24) is 14.9 Å². The fourth-order valence-electron chi connectivity index (χ4n) is 2.32. The third-order valence-electron chi connectivity index (χ3n) is 3.32. The molecule has 1 heterocycles. The predicted molar refractivity (Wildman–Crippen MR) is 82.0 cm³/mol. The van der Waals surface area contributed by atoms with E-state index in [-0.39, 0.29) is 11.9 Å². The molecule has 1 atom stereocenters. The molecule has 5 heteroatoms. The van der Waals surface area contributed by atoms with Crippen LogP contribution in [0.25, 0.3) is 0 Å². The fraction of sp³-hybridized carbons (Fsp3) is 0.400. The molecule has 3 nitrogen and oxygen atoms in total. The first-order valence-corrected chi connectivity index (χ1v) is 7.55. The molecule has 0 fully saturated rings. The Kier molecular flexibility index (Phi) is 5.31. The summed E-state index contributed by atoms with van der Waals surface area (Å²) < 4.78 is 16.3. The van der Waals surface area contributed by atoms with Crippen LogP contribution in [0.2, 0.25) is 0 Å². The highest BCUT2D eigenvalue weighted by atomic mass is 79.9. The lowest BCUT2D eigenvalue weighted by molar-refractivity contribution is 0.501. The largest absolute Gasteiger partial charge is 0.338 e. The van der Waals surface area contributed by atoms with Crippen molar-refractivity contribution in [2.75, 3.05) is 6.54 Å². The van der Waals surface area contributed by atoms with Crippen LogP contribution < -0.4 is 5.32 Å². The van der Waals surface area contributed by atoms with Crippen LogP contribution >= 0.6 is 15.9 Å². The Morgan fingerprint density at radius 3 is 2.80 bits per heavy atom. The summed E-state index contributed by atoms with van der Waals surface area (Å²) in [4.78, 5) is 4.33. The first-order valence-electron chi connectivity index (χ1n) is 6.75.